The second-order valence-electron chi connectivity index (χ2n) is 6.71. The first-order chi connectivity index (χ1) is 13.0. The molecule has 0 fully saturated rings. The summed E-state index contributed by atoms with van der Waals surface area (Å²) in [5, 5.41) is 6.08. The van der Waals surface area contributed by atoms with Gasteiger partial charge in [0.25, 0.3) is 5.56 Å². The van der Waals surface area contributed by atoms with E-state index in [9.17, 15) is 4.79 Å². The van der Waals surface area contributed by atoms with Gasteiger partial charge in [-0.1, -0.05) is 42.1 Å². The minimum Gasteiger partial charge on any atom is -0.308 e. The number of hydrogen-bond acceptors (Lipinski definition) is 6. The molecule has 0 unspecified atom stereocenters. The average molecular weight is 400 g/mol. The lowest BCUT2D eigenvalue weighted by molar-refractivity contribution is 0.374. The van der Waals surface area contributed by atoms with Gasteiger partial charge in [-0.25, -0.2) is 14.1 Å². The third kappa shape index (κ3) is 3.65. The van der Waals surface area contributed by atoms with Crippen molar-refractivity contribution >= 4 is 39.1 Å². The Kier molecular flexibility index (Phi) is 5.03. The number of fused-ring (bicyclic) bond motifs is 2. The number of nitrogens with zero attached hydrogens (tertiary/aromatic N) is 5. The predicted molar refractivity (Wildman–Crippen MR) is 112 cm³/mol. The van der Waals surface area contributed by atoms with Gasteiger partial charge in [0, 0.05) is 17.2 Å². The molecule has 0 spiro atoms. The fourth-order valence-corrected chi connectivity index (χ4v) is 4.69. The first kappa shape index (κ1) is 18.2. The molecular formula is C19H21N5OS2. The van der Waals surface area contributed by atoms with Gasteiger partial charge >= 0.3 is 0 Å². The molecule has 1 aromatic carbocycles. The van der Waals surface area contributed by atoms with Crippen molar-refractivity contribution in [3.63, 3.8) is 0 Å². The lowest BCUT2D eigenvalue weighted by atomic mass is 10.2. The molecule has 0 aliphatic carbocycles. The van der Waals surface area contributed by atoms with E-state index < -0.39 is 0 Å². The summed E-state index contributed by atoms with van der Waals surface area (Å²) in [5.74, 6) is 1.38. The summed E-state index contributed by atoms with van der Waals surface area (Å²) in [4.78, 5) is 21.9. The summed E-state index contributed by atoms with van der Waals surface area (Å²) in [6.45, 7) is 3.52. The predicted octanol–water partition coefficient (Wildman–Crippen LogP) is 3.27. The molecule has 3 heterocycles. The van der Waals surface area contributed by atoms with Crippen LogP contribution in [0.5, 0.6) is 0 Å². The van der Waals surface area contributed by atoms with Crippen molar-refractivity contribution in [1.29, 1.82) is 0 Å². The SMILES string of the molecule is Cc1cc2c(=O)n3c(SCc4ccccc4)nn(CCN(C)C)c3nc2s1. The number of aromatic nitrogens is 4. The highest BCUT2D eigenvalue weighted by molar-refractivity contribution is 7.98. The molecule has 0 bridgehead atoms. The first-order valence-corrected chi connectivity index (χ1v) is 10.5. The topological polar surface area (TPSA) is 55.4 Å². The summed E-state index contributed by atoms with van der Waals surface area (Å²) < 4.78 is 3.51. The van der Waals surface area contributed by atoms with Crippen molar-refractivity contribution in [2.45, 2.75) is 24.4 Å². The number of thioether (sulfide) groups is 1. The van der Waals surface area contributed by atoms with Crippen molar-refractivity contribution in [2.24, 2.45) is 0 Å². The molecule has 0 atom stereocenters. The fourth-order valence-electron chi connectivity index (χ4n) is 2.89. The first-order valence-electron chi connectivity index (χ1n) is 8.74. The van der Waals surface area contributed by atoms with Gasteiger partial charge in [-0.2, -0.15) is 0 Å². The van der Waals surface area contributed by atoms with Gasteiger partial charge in [-0.3, -0.25) is 4.79 Å². The van der Waals surface area contributed by atoms with Gasteiger partial charge in [0.1, 0.15) is 4.83 Å². The Hall–Kier alpha value is -2.16. The number of aryl methyl sites for hydroxylation is 1. The second-order valence-corrected chi connectivity index (χ2v) is 8.89. The summed E-state index contributed by atoms with van der Waals surface area (Å²) in [6, 6.07) is 12.1. The fraction of sp³-hybridized carbons (Fsp3) is 0.316. The zero-order chi connectivity index (χ0) is 19.0. The number of thiophene rings is 1. The molecule has 0 radical (unpaired) electrons. The Labute approximate surface area is 165 Å². The van der Waals surface area contributed by atoms with Gasteiger partial charge < -0.3 is 4.90 Å². The molecule has 4 rings (SSSR count). The number of rotatable bonds is 6. The van der Waals surface area contributed by atoms with Gasteiger partial charge in [0.15, 0.2) is 5.16 Å². The molecule has 6 nitrogen and oxygen atoms in total. The monoisotopic (exact) mass is 399 g/mol. The van der Waals surface area contributed by atoms with Crippen LogP contribution in [0, 0.1) is 6.92 Å². The van der Waals surface area contributed by atoms with E-state index in [1.807, 2.05) is 50.0 Å². The van der Waals surface area contributed by atoms with Crippen LogP contribution in [0.1, 0.15) is 10.4 Å². The smallest absolute Gasteiger partial charge is 0.270 e. The maximum Gasteiger partial charge on any atom is 0.270 e. The van der Waals surface area contributed by atoms with Crippen LogP contribution in [-0.4, -0.2) is 44.7 Å². The number of likely N-dealkylation sites (N-methyl/N-ethyl adjacent to an activating group) is 1. The molecule has 27 heavy (non-hydrogen) atoms. The lowest BCUT2D eigenvalue weighted by Crippen LogP contribution is -2.20. The van der Waals surface area contributed by atoms with Crippen molar-refractivity contribution in [3.05, 3.63) is 57.2 Å². The maximum atomic E-state index is 13.1. The summed E-state index contributed by atoms with van der Waals surface area (Å²) in [6.07, 6.45) is 0. The zero-order valence-corrected chi connectivity index (χ0v) is 17.2. The minimum atomic E-state index is -0.0361. The van der Waals surface area contributed by atoms with E-state index in [1.165, 1.54) is 5.56 Å². The largest absolute Gasteiger partial charge is 0.308 e. The zero-order valence-electron chi connectivity index (χ0n) is 15.5. The average Bonchev–Trinajstić information content (AvgIpc) is 3.19. The number of benzene rings is 1. The Balaban J connectivity index is 1.81. The van der Waals surface area contributed by atoms with Crippen LogP contribution in [0.2, 0.25) is 0 Å². The second kappa shape index (κ2) is 7.46. The van der Waals surface area contributed by atoms with Crippen LogP contribution in [0.4, 0.5) is 0 Å². The molecule has 0 aliphatic heterocycles. The Morgan fingerprint density at radius 3 is 2.74 bits per heavy atom. The maximum absolute atomic E-state index is 13.1. The normalized spacial score (nSPS) is 11.9. The highest BCUT2D eigenvalue weighted by atomic mass is 32.2. The molecule has 140 valence electrons. The Morgan fingerprint density at radius 2 is 2.00 bits per heavy atom. The summed E-state index contributed by atoms with van der Waals surface area (Å²) >= 11 is 3.12. The molecule has 4 aromatic rings. The molecule has 0 N–H and O–H groups in total. The molecule has 0 amide bonds. The highest BCUT2D eigenvalue weighted by Crippen LogP contribution is 2.25. The summed E-state index contributed by atoms with van der Waals surface area (Å²) in [5.41, 5.74) is 1.16. The molecule has 0 saturated carbocycles. The van der Waals surface area contributed by atoms with E-state index in [1.54, 1.807) is 27.5 Å². The van der Waals surface area contributed by atoms with E-state index in [-0.39, 0.29) is 5.56 Å². The van der Waals surface area contributed by atoms with E-state index in [2.05, 4.69) is 17.0 Å². The van der Waals surface area contributed by atoms with E-state index in [4.69, 9.17) is 10.1 Å². The summed E-state index contributed by atoms with van der Waals surface area (Å²) in [7, 11) is 4.05. The Morgan fingerprint density at radius 1 is 1.22 bits per heavy atom. The van der Waals surface area contributed by atoms with Crippen molar-refractivity contribution in [3.8, 4) is 0 Å². The van der Waals surface area contributed by atoms with Crippen molar-refractivity contribution < 1.29 is 0 Å². The van der Waals surface area contributed by atoms with E-state index in [0.717, 1.165) is 22.0 Å². The van der Waals surface area contributed by atoms with Gasteiger partial charge in [-0.05, 0) is 32.6 Å². The van der Waals surface area contributed by atoms with Crippen LogP contribution in [0.15, 0.2) is 46.3 Å². The molecule has 0 aliphatic rings. The van der Waals surface area contributed by atoms with Crippen molar-refractivity contribution in [1.82, 2.24) is 24.1 Å². The highest BCUT2D eigenvalue weighted by Gasteiger charge is 2.18. The van der Waals surface area contributed by atoms with Crippen LogP contribution in [-0.2, 0) is 12.3 Å². The van der Waals surface area contributed by atoms with Crippen LogP contribution >= 0.6 is 23.1 Å². The lowest BCUT2D eigenvalue weighted by Gasteiger charge is -2.08. The van der Waals surface area contributed by atoms with E-state index in [0.29, 0.717) is 22.9 Å². The van der Waals surface area contributed by atoms with Crippen LogP contribution in [0.3, 0.4) is 0 Å². The van der Waals surface area contributed by atoms with Gasteiger partial charge in [0.2, 0.25) is 5.78 Å². The van der Waals surface area contributed by atoms with Gasteiger partial charge in [0.05, 0.1) is 11.9 Å². The number of hydrogen-bond donors (Lipinski definition) is 0. The van der Waals surface area contributed by atoms with E-state index >= 15 is 0 Å². The van der Waals surface area contributed by atoms with Crippen LogP contribution in [0.25, 0.3) is 16.0 Å². The molecule has 3 aromatic heterocycles. The Bertz CT molecular complexity index is 1140. The third-order valence-electron chi connectivity index (χ3n) is 4.27. The third-order valence-corrected chi connectivity index (χ3v) is 6.21. The van der Waals surface area contributed by atoms with Crippen molar-refractivity contribution in [2.75, 3.05) is 20.6 Å². The molecular weight excluding hydrogens is 378 g/mol. The molecule has 8 heteroatoms. The standard InChI is InChI=1S/C19H21N5OS2/c1-13-11-15-16(27-13)20-18-23(10-9-22(2)3)21-19(24(18)17(15)25)26-12-14-7-5-4-6-8-14/h4-8,11H,9-10,12H2,1-3H3. The van der Waals surface area contributed by atoms with Crippen LogP contribution < -0.4 is 5.56 Å². The quantitative estimate of drug-likeness (QED) is 0.466. The van der Waals surface area contributed by atoms with Gasteiger partial charge in [-0.15, -0.1) is 16.4 Å². The minimum absolute atomic E-state index is 0.0361. The molecule has 0 saturated heterocycles.